The van der Waals surface area contributed by atoms with E-state index in [0.717, 1.165) is 38.3 Å². The molecule has 2 N–H and O–H groups in total. The summed E-state index contributed by atoms with van der Waals surface area (Å²) in [5, 5.41) is 6.26. The maximum Gasteiger partial charge on any atom is 0.234 e. The Morgan fingerprint density at radius 3 is 2.73 bits per heavy atom. The number of amides is 1. The number of fused-ring (bicyclic) bond motifs is 1. The van der Waals surface area contributed by atoms with Gasteiger partial charge in [-0.15, -0.1) is 24.8 Å². The second kappa shape index (κ2) is 9.20. The highest BCUT2D eigenvalue weighted by atomic mass is 35.5. The molecule has 2 aliphatic rings. The highest BCUT2D eigenvalue weighted by Gasteiger charge is 2.23. The minimum Gasteiger partial charge on any atom is -0.488 e. The van der Waals surface area contributed by atoms with E-state index in [1.165, 1.54) is 5.56 Å². The SMILES string of the molecule is Cl.Cl.O=C(CN1CCNCC1)NCC1Cc2ccccc2O1. The van der Waals surface area contributed by atoms with Gasteiger partial charge in [-0.25, -0.2) is 0 Å². The van der Waals surface area contributed by atoms with Gasteiger partial charge >= 0.3 is 0 Å². The zero-order valence-electron chi connectivity index (χ0n) is 12.4. The van der Waals surface area contributed by atoms with Crippen molar-refractivity contribution in [2.45, 2.75) is 12.5 Å². The van der Waals surface area contributed by atoms with Gasteiger partial charge in [0.25, 0.3) is 0 Å². The third-order valence-electron chi connectivity index (χ3n) is 3.82. The monoisotopic (exact) mass is 347 g/mol. The smallest absolute Gasteiger partial charge is 0.234 e. The summed E-state index contributed by atoms with van der Waals surface area (Å²) < 4.78 is 5.81. The van der Waals surface area contributed by atoms with Crippen LogP contribution in [0.5, 0.6) is 5.75 Å². The molecule has 0 spiro atoms. The van der Waals surface area contributed by atoms with E-state index in [-0.39, 0.29) is 36.8 Å². The lowest BCUT2D eigenvalue weighted by Gasteiger charge is -2.26. The lowest BCUT2D eigenvalue weighted by molar-refractivity contribution is -0.122. The van der Waals surface area contributed by atoms with Crippen LogP contribution in [-0.2, 0) is 11.2 Å². The Morgan fingerprint density at radius 1 is 1.27 bits per heavy atom. The largest absolute Gasteiger partial charge is 0.488 e. The van der Waals surface area contributed by atoms with Gasteiger partial charge in [-0.3, -0.25) is 9.69 Å². The number of para-hydroxylation sites is 1. The Bertz CT molecular complexity index is 457. The number of piperazine rings is 1. The van der Waals surface area contributed by atoms with Crippen molar-refractivity contribution in [2.75, 3.05) is 39.3 Å². The fourth-order valence-electron chi connectivity index (χ4n) is 2.72. The molecule has 0 radical (unpaired) electrons. The molecule has 3 rings (SSSR count). The fraction of sp³-hybridized carbons (Fsp3) is 0.533. The topological polar surface area (TPSA) is 53.6 Å². The van der Waals surface area contributed by atoms with Gasteiger partial charge in [0, 0.05) is 32.6 Å². The van der Waals surface area contributed by atoms with Crippen LogP contribution in [0.4, 0.5) is 0 Å². The number of nitrogens with one attached hydrogen (secondary N) is 2. The van der Waals surface area contributed by atoms with Crippen LogP contribution in [0.2, 0.25) is 0 Å². The first-order chi connectivity index (χ1) is 9.81. The van der Waals surface area contributed by atoms with Crippen molar-refractivity contribution in [2.24, 2.45) is 0 Å². The van der Waals surface area contributed by atoms with E-state index in [9.17, 15) is 4.79 Å². The quantitative estimate of drug-likeness (QED) is 0.847. The number of carbonyl (C=O) groups is 1. The number of nitrogens with zero attached hydrogens (tertiary/aromatic N) is 1. The minimum atomic E-state index is 0. The average Bonchev–Trinajstić information content (AvgIpc) is 2.89. The molecule has 0 bridgehead atoms. The number of rotatable bonds is 4. The van der Waals surface area contributed by atoms with Gasteiger partial charge in [0.15, 0.2) is 0 Å². The molecule has 0 saturated carbocycles. The van der Waals surface area contributed by atoms with Crippen molar-refractivity contribution in [3.63, 3.8) is 0 Å². The van der Waals surface area contributed by atoms with Gasteiger partial charge in [-0.05, 0) is 11.6 Å². The van der Waals surface area contributed by atoms with Crippen LogP contribution in [0, 0.1) is 0 Å². The summed E-state index contributed by atoms with van der Waals surface area (Å²) in [7, 11) is 0. The van der Waals surface area contributed by atoms with Crippen molar-refractivity contribution in [1.82, 2.24) is 15.5 Å². The first-order valence-corrected chi connectivity index (χ1v) is 7.25. The summed E-state index contributed by atoms with van der Waals surface area (Å²) in [4.78, 5) is 14.1. The molecule has 1 aromatic carbocycles. The normalized spacial score (nSPS) is 20.1. The van der Waals surface area contributed by atoms with Gasteiger partial charge in [-0.2, -0.15) is 0 Å². The lowest BCUT2D eigenvalue weighted by Crippen LogP contribution is -2.48. The van der Waals surface area contributed by atoms with Gasteiger partial charge in [0.1, 0.15) is 11.9 Å². The minimum absolute atomic E-state index is 0. The molecule has 7 heteroatoms. The van der Waals surface area contributed by atoms with Crippen molar-refractivity contribution in [3.8, 4) is 5.75 Å². The molecule has 22 heavy (non-hydrogen) atoms. The van der Waals surface area contributed by atoms with Crippen LogP contribution >= 0.6 is 24.8 Å². The number of hydrogen-bond acceptors (Lipinski definition) is 4. The predicted octanol–water partition coefficient (Wildman–Crippen LogP) is 0.855. The van der Waals surface area contributed by atoms with Crippen LogP contribution in [0.1, 0.15) is 5.56 Å². The number of halogens is 2. The molecule has 2 aliphatic heterocycles. The van der Waals surface area contributed by atoms with Crippen molar-refractivity contribution in [3.05, 3.63) is 29.8 Å². The van der Waals surface area contributed by atoms with Crippen molar-refractivity contribution >= 4 is 30.7 Å². The first kappa shape index (κ1) is 19.0. The standard InChI is InChI=1S/C15H21N3O2.2ClH/c19-15(11-18-7-5-16-6-8-18)17-10-13-9-12-3-1-2-4-14(12)20-13;;/h1-4,13,16H,5-11H2,(H,17,19);2*1H. The third kappa shape index (κ3) is 5.02. The van der Waals surface area contributed by atoms with Crippen LogP contribution in [-0.4, -0.2) is 56.2 Å². The summed E-state index contributed by atoms with van der Waals surface area (Å²) in [6.07, 6.45) is 0.948. The third-order valence-corrected chi connectivity index (χ3v) is 3.82. The second-order valence-corrected chi connectivity index (χ2v) is 5.38. The molecule has 1 amide bonds. The van der Waals surface area contributed by atoms with Crippen molar-refractivity contribution < 1.29 is 9.53 Å². The Balaban J connectivity index is 0.00000121. The van der Waals surface area contributed by atoms with Gasteiger partial charge < -0.3 is 15.4 Å². The average molecular weight is 348 g/mol. The lowest BCUT2D eigenvalue weighted by atomic mass is 10.1. The molecule has 5 nitrogen and oxygen atoms in total. The highest BCUT2D eigenvalue weighted by molar-refractivity contribution is 5.85. The summed E-state index contributed by atoms with van der Waals surface area (Å²) >= 11 is 0. The highest BCUT2D eigenvalue weighted by Crippen LogP contribution is 2.27. The molecular weight excluding hydrogens is 325 g/mol. The van der Waals surface area contributed by atoms with Crippen LogP contribution in [0.3, 0.4) is 0 Å². The number of benzene rings is 1. The molecule has 0 aliphatic carbocycles. The Morgan fingerprint density at radius 2 is 2.00 bits per heavy atom. The summed E-state index contributed by atoms with van der Waals surface area (Å²) in [6, 6.07) is 8.06. The number of ether oxygens (including phenoxy) is 1. The van der Waals surface area contributed by atoms with Crippen LogP contribution < -0.4 is 15.4 Å². The van der Waals surface area contributed by atoms with E-state index in [1.807, 2.05) is 18.2 Å². The van der Waals surface area contributed by atoms with Crippen molar-refractivity contribution in [1.29, 1.82) is 0 Å². The molecule has 124 valence electrons. The van der Waals surface area contributed by atoms with E-state index in [1.54, 1.807) is 0 Å². The molecule has 1 unspecified atom stereocenters. The maximum absolute atomic E-state index is 11.9. The van der Waals surface area contributed by atoms with E-state index in [2.05, 4.69) is 21.6 Å². The fourth-order valence-corrected chi connectivity index (χ4v) is 2.72. The van der Waals surface area contributed by atoms with Gasteiger partial charge in [-0.1, -0.05) is 18.2 Å². The van der Waals surface area contributed by atoms with Gasteiger partial charge in [0.2, 0.25) is 5.91 Å². The Hall–Kier alpha value is -1.01. The predicted molar refractivity (Wildman–Crippen MR) is 91.4 cm³/mol. The van der Waals surface area contributed by atoms with E-state index < -0.39 is 0 Å². The molecule has 1 atom stereocenters. The summed E-state index contributed by atoms with van der Waals surface area (Å²) in [5.41, 5.74) is 1.23. The molecule has 1 saturated heterocycles. The number of hydrogen-bond donors (Lipinski definition) is 2. The Kier molecular flexibility index (Phi) is 7.96. The molecule has 1 aromatic rings. The Labute approximate surface area is 143 Å². The van der Waals surface area contributed by atoms with Crippen LogP contribution in [0.25, 0.3) is 0 Å². The molecule has 0 aromatic heterocycles. The maximum atomic E-state index is 11.9. The summed E-state index contributed by atoms with van der Waals surface area (Å²) in [6.45, 7) is 4.89. The molecule has 1 fully saturated rings. The first-order valence-electron chi connectivity index (χ1n) is 7.25. The number of carbonyl (C=O) groups excluding carboxylic acids is 1. The van der Waals surface area contributed by atoms with Crippen LogP contribution in [0.15, 0.2) is 24.3 Å². The van der Waals surface area contributed by atoms with Gasteiger partial charge in [0.05, 0.1) is 13.1 Å². The zero-order valence-corrected chi connectivity index (χ0v) is 14.0. The summed E-state index contributed by atoms with van der Waals surface area (Å²) in [5.74, 6) is 1.04. The zero-order chi connectivity index (χ0) is 13.8. The molecule has 2 heterocycles. The molecular formula is C15H23Cl2N3O2. The second-order valence-electron chi connectivity index (χ2n) is 5.38. The van der Waals surface area contributed by atoms with E-state index >= 15 is 0 Å². The van der Waals surface area contributed by atoms with E-state index in [4.69, 9.17) is 4.74 Å². The van der Waals surface area contributed by atoms with E-state index in [0.29, 0.717) is 13.1 Å².